The lowest BCUT2D eigenvalue weighted by Gasteiger charge is -2.23. The quantitative estimate of drug-likeness (QED) is 0.813. The van der Waals surface area contributed by atoms with Crippen molar-refractivity contribution < 1.29 is 14.7 Å². The predicted molar refractivity (Wildman–Crippen MR) is 80.4 cm³/mol. The smallest absolute Gasteiger partial charge is 0.364 e. The molecular weight excluding hydrogens is 282 g/mol. The van der Waals surface area contributed by atoms with E-state index in [-0.39, 0.29) is 29.1 Å². The number of ketones is 1. The van der Waals surface area contributed by atoms with Crippen molar-refractivity contribution in [2.45, 2.75) is 25.7 Å². The summed E-state index contributed by atoms with van der Waals surface area (Å²) >= 11 is 0. The van der Waals surface area contributed by atoms with E-state index in [1.807, 2.05) is 6.07 Å². The number of carbonyl (C=O) groups excluding carboxylic acids is 2. The van der Waals surface area contributed by atoms with E-state index in [0.717, 1.165) is 25.7 Å². The van der Waals surface area contributed by atoms with Gasteiger partial charge in [-0.15, -0.1) is 5.11 Å². The van der Waals surface area contributed by atoms with Crippen LogP contribution in [0.15, 0.2) is 52.0 Å². The van der Waals surface area contributed by atoms with Gasteiger partial charge in [-0.2, -0.15) is 0 Å². The minimum atomic E-state index is -0.672. The minimum Gasteiger partial charge on any atom is -0.510 e. The van der Waals surface area contributed by atoms with Crippen molar-refractivity contribution in [3.8, 4) is 0 Å². The van der Waals surface area contributed by atoms with Crippen LogP contribution >= 0.6 is 0 Å². The molecule has 2 atom stereocenters. The number of azo groups is 1. The first kappa shape index (κ1) is 14.4. The summed E-state index contributed by atoms with van der Waals surface area (Å²) in [6, 6.07) is 8.17. The summed E-state index contributed by atoms with van der Waals surface area (Å²) in [4.78, 5) is 23.9. The van der Waals surface area contributed by atoms with Gasteiger partial charge < -0.3 is 10.4 Å². The van der Waals surface area contributed by atoms with Crippen LogP contribution in [-0.2, 0) is 4.79 Å². The Morgan fingerprint density at radius 1 is 1.14 bits per heavy atom. The van der Waals surface area contributed by atoms with Crippen LogP contribution in [0, 0.1) is 11.8 Å². The average Bonchev–Trinajstić information content (AvgIpc) is 2.78. The molecule has 114 valence electrons. The molecule has 22 heavy (non-hydrogen) atoms. The van der Waals surface area contributed by atoms with E-state index in [9.17, 15) is 14.7 Å². The Labute approximate surface area is 127 Å². The van der Waals surface area contributed by atoms with Gasteiger partial charge in [0.05, 0.1) is 0 Å². The van der Waals surface area contributed by atoms with Gasteiger partial charge in [-0.05, 0) is 25.0 Å². The van der Waals surface area contributed by atoms with E-state index < -0.39 is 6.03 Å². The van der Waals surface area contributed by atoms with Crippen molar-refractivity contribution in [1.82, 2.24) is 0 Å². The topological polar surface area (TPSA) is 91.1 Å². The molecule has 1 aromatic rings. The molecule has 0 spiro atoms. The third-order valence-corrected chi connectivity index (χ3v) is 4.20. The first-order valence-corrected chi connectivity index (χ1v) is 7.42. The van der Waals surface area contributed by atoms with Crippen LogP contribution in [0.1, 0.15) is 25.7 Å². The fraction of sp³-hybridized carbons (Fsp3) is 0.375. The SMILES string of the molecule is O=C(N=NC1=C(O)C2CCCCC2C1=O)Nc1ccccc1. The number of amides is 2. The molecule has 6 nitrogen and oxygen atoms in total. The highest BCUT2D eigenvalue weighted by Crippen LogP contribution is 2.42. The molecule has 2 unspecified atom stereocenters. The normalized spacial score (nSPS) is 24.6. The zero-order chi connectivity index (χ0) is 15.5. The summed E-state index contributed by atoms with van der Waals surface area (Å²) in [6.45, 7) is 0. The summed E-state index contributed by atoms with van der Waals surface area (Å²) in [5.74, 6) is -0.545. The van der Waals surface area contributed by atoms with Gasteiger partial charge in [0, 0.05) is 17.5 Å². The van der Waals surface area contributed by atoms with Crippen LogP contribution in [0.2, 0.25) is 0 Å². The highest BCUT2D eigenvalue weighted by molar-refractivity contribution is 6.00. The number of rotatable bonds is 2. The van der Waals surface area contributed by atoms with Crippen molar-refractivity contribution in [3.05, 3.63) is 41.8 Å². The maximum Gasteiger partial charge on any atom is 0.364 e. The first-order valence-electron chi connectivity index (χ1n) is 7.42. The van der Waals surface area contributed by atoms with Crippen molar-refractivity contribution in [3.63, 3.8) is 0 Å². The first-order chi connectivity index (χ1) is 10.7. The number of aliphatic hydroxyl groups excluding tert-OH is 1. The summed E-state index contributed by atoms with van der Waals surface area (Å²) in [6.07, 6.45) is 3.54. The maximum absolute atomic E-state index is 12.2. The monoisotopic (exact) mass is 299 g/mol. The molecule has 2 amide bonds. The van der Waals surface area contributed by atoms with Crippen molar-refractivity contribution in [2.75, 3.05) is 5.32 Å². The van der Waals surface area contributed by atoms with Gasteiger partial charge in [0.15, 0.2) is 11.5 Å². The van der Waals surface area contributed by atoms with Crippen molar-refractivity contribution in [2.24, 2.45) is 22.1 Å². The largest absolute Gasteiger partial charge is 0.510 e. The van der Waals surface area contributed by atoms with Crippen LogP contribution in [0.4, 0.5) is 10.5 Å². The Morgan fingerprint density at radius 2 is 1.82 bits per heavy atom. The minimum absolute atomic E-state index is 0.00837. The van der Waals surface area contributed by atoms with Gasteiger partial charge in [-0.3, -0.25) is 4.79 Å². The van der Waals surface area contributed by atoms with Gasteiger partial charge in [0.1, 0.15) is 5.76 Å². The Kier molecular flexibility index (Phi) is 4.00. The van der Waals surface area contributed by atoms with Crippen molar-refractivity contribution >= 4 is 17.5 Å². The van der Waals surface area contributed by atoms with Crippen molar-refractivity contribution in [1.29, 1.82) is 0 Å². The summed E-state index contributed by atoms with van der Waals surface area (Å²) in [7, 11) is 0. The number of nitrogens with zero attached hydrogens (tertiary/aromatic N) is 2. The number of urea groups is 1. The third-order valence-electron chi connectivity index (χ3n) is 4.20. The fourth-order valence-corrected chi connectivity index (χ4v) is 3.12. The molecule has 1 saturated carbocycles. The molecule has 6 heteroatoms. The molecule has 0 heterocycles. The van der Waals surface area contributed by atoms with Crippen LogP contribution in [0.5, 0.6) is 0 Å². The Bertz CT molecular complexity index is 652. The molecule has 2 aliphatic carbocycles. The average molecular weight is 299 g/mol. The Balaban J connectivity index is 1.70. The van der Waals surface area contributed by atoms with Crippen LogP contribution in [-0.4, -0.2) is 16.9 Å². The maximum atomic E-state index is 12.2. The molecule has 2 aliphatic rings. The summed E-state index contributed by atoms with van der Waals surface area (Å²) in [5.41, 5.74) is 0.538. The highest BCUT2D eigenvalue weighted by atomic mass is 16.3. The fourth-order valence-electron chi connectivity index (χ4n) is 3.12. The standard InChI is InChI=1S/C16H17N3O3/c20-14-11-8-4-5-9-12(11)15(21)13(14)18-19-16(22)17-10-6-2-1-3-7-10/h1-3,6-7,11-12,20H,4-5,8-9H2,(H,17,22). The third kappa shape index (κ3) is 2.77. The van der Waals surface area contributed by atoms with E-state index in [4.69, 9.17) is 0 Å². The number of hydrogen-bond acceptors (Lipinski definition) is 4. The molecule has 1 aromatic carbocycles. The number of anilines is 1. The Hall–Kier alpha value is -2.50. The van der Waals surface area contributed by atoms with E-state index in [1.54, 1.807) is 24.3 Å². The molecule has 2 N–H and O–H groups in total. The zero-order valence-corrected chi connectivity index (χ0v) is 12.0. The van der Waals surface area contributed by atoms with Gasteiger partial charge >= 0.3 is 6.03 Å². The zero-order valence-electron chi connectivity index (χ0n) is 12.0. The summed E-state index contributed by atoms with van der Waals surface area (Å²) < 4.78 is 0. The molecular formula is C16H17N3O3. The number of para-hydroxylation sites is 1. The predicted octanol–water partition coefficient (Wildman–Crippen LogP) is 3.83. The van der Waals surface area contributed by atoms with Gasteiger partial charge in [0.25, 0.3) is 0 Å². The second-order valence-corrected chi connectivity index (χ2v) is 5.59. The second kappa shape index (κ2) is 6.09. The number of carbonyl (C=O) groups is 2. The van der Waals surface area contributed by atoms with Gasteiger partial charge in [-0.1, -0.05) is 36.2 Å². The van der Waals surface area contributed by atoms with Crippen LogP contribution in [0.3, 0.4) is 0 Å². The molecule has 0 radical (unpaired) electrons. The number of hydrogen-bond donors (Lipinski definition) is 2. The van der Waals surface area contributed by atoms with E-state index >= 15 is 0 Å². The number of Topliss-reactive ketones (excluding diaryl/α,β-unsaturated/α-hetero) is 1. The Morgan fingerprint density at radius 3 is 2.50 bits per heavy atom. The number of aliphatic hydroxyl groups is 1. The number of allylic oxidation sites excluding steroid dienone is 2. The molecule has 0 bridgehead atoms. The lowest BCUT2D eigenvalue weighted by Crippen LogP contribution is -2.21. The molecule has 0 aromatic heterocycles. The lowest BCUT2D eigenvalue weighted by molar-refractivity contribution is -0.120. The summed E-state index contributed by atoms with van der Waals surface area (Å²) in [5, 5.41) is 19.9. The van der Waals surface area contributed by atoms with Crippen LogP contribution < -0.4 is 5.32 Å². The molecule has 3 rings (SSSR count). The number of fused-ring (bicyclic) bond motifs is 1. The highest BCUT2D eigenvalue weighted by Gasteiger charge is 2.43. The van der Waals surface area contributed by atoms with E-state index in [1.165, 1.54) is 0 Å². The number of benzene rings is 1. The lowest BCUT2D eigenvalue weighted by atomic mass is 9.80. The van der Waals surface area contributed by atoms with E-state index in [2.05, 4.69) is 15.5 Å². The second-order valence-electron chi connectivity index (χ2n) is 5.59. The van der Waals surface area contributed by atoms with Crippen LogP contribution in [0.25, 0.3) is 0 Å². The molecule has 1 fully saturated rings. The van der Waals surface area contributed by atoms with E-state index in [0.29, 0.717) is 5.69 Å². The number of nitrogens with one attached hydrogen (secondary N) is 1. The molecule has 0 saturated heterocycles. The van der Waals surface area contributed by atoms with Gasteiger partial charge in [-0.25, -0.2) is 4.79 Å². The molecule has 0 aliphatic heterocycles. The van der Waals surface area contributed by atoms with Gasteiger partial charge in [0.2, 0.25) is 0 Å².